The highest BCUT2D eigenvalue weighted by Crippen LogP contribution is 2.65. The number of esters is 1. The lowest BCUT2D eigenvalue weighted by molar-refractivity contribution is -0.210. The number of carbonyl (C=O) groups is 2. The van der Waals surface area contributed by atoms with Crippen LogP contribution in [0.15, 0.2) is 47.6 Å². The number of carbonyl (C=O) groups excluding carboxylic acids is 2. The number of ether oxygens (including phenoxy) is 2. The third-order valence-corrected chi connectivity index (χ3v) is 9.37. The molecule has 0 spiro atoms. The number of benzene rings is 1. The van der Waals surface area contributed by atoms with Gasteiger partial charge in [-0.3, -0.25) is 4.79 Å². The van der Waals surface area contributed by atoms with E-state index in [1.54, 1.807) is 6.08 Å². The molecule has 0 saturated carbocycles. The molecule has 6 nitrogen and oxygen atoms in total. The van der Waals surface area contributed by atoms with Gasteiger partial charge in [-0.1, -0.05) is 47.6 Å². The molecule has 0 amide bonds. The Morgan fingerprint density at radius 1 is 1.19 bits per heavy atom. The summed E-state index contributed by atoms with van der Waals surface area (Å²) in [7, 11) is 2.15. The molecule has 0 aromatic heterocycles. The van der Waals surface area contributed by atoms with Crippen LogP contribution in [0.2, 0.25) is 0 Å². The third-order valence-electron chi connectivity index (χ3n) is 9.37. The van der Waals surface area contributed by atoms with Crippen molar-refractivity contribution in [3.8, 4) is 0 Å². The fraction of sp³-hybridized carbons (Fsp3) is 0.600. The van der Waals surface area contributed by atoms with Gasteiger partial charge in [0.15, 0.2) is 5.78 Å². The van der Waals surface area contributed by atoms with Gasteiger partial charge in [-0.25, -0.2) is 4.79 Å². The van der Waals surface area contributed by atoms with E-state index in [1.165, 1.54) is 11.1 Å². The van der Waals surface area contributed by atoms with E-state index in [2.05, 4.69) is 25.8 Å². The number of hydrogen-bond acceptors (Lipinski definition) is 6. The number of aliphatic hydroxyl groups excluding tert-OH is 1. The number of aliphatic hydroxyl groups is 1. The maximum absolute atomic E-state index is 13.4. The first kappa shape index (κ1) is 25.4. The summed E-state index contributed by atoms with van der Waals surface area (Å²) >= 11 is 0. The van der Waals surface area contributed by atoms with Crippen molar-refractivity contribution in [1.29, 1.82) is 0 Å². The first-order valence-corrected chi connectivity index (χ1v) is 13.4. The quantitative estimate of drug-likeness (QED) is 0.349. The SMILES string of the molecule is CC1=C2C(CC1)C1(C)OC(C3CCN(C)CC3)(CC1OC(=O)CO)C2CC(=O)/C=C/c1ccccc1. The lowest BCUT2D eigenvalue weighted by atomic mass is 9.64. The largest absolute Gasteiger partial charge is 0.457 e. The number of rotatable bonds is 7. The molecule has 5 atom stereocenters. The van der Waals surface area contributed by atoms with E-state index in [-0.39, 0.29) is 23.5 Å². The van der Waals surface area contributed by atoms with E-state index >= 15 is 0 Å². The van der Waals surface area contributed by atoms with Gasteiger partial charge in [0, 0.05) is 24.7 Å². The molecule has 36 heavy (non-hydrogen) atoms. The van der Waals surface area contributed by atoms with Crippen LogP contribution in [0.4, 0.5) is 0 Å². The van der Waals surface area contributed by atoms with Gasteiger partial charge in [0.25, 0.3) is 0 Å². The molecule has 1 aromatic rings. The molecule has 4 aliphatic rings. The van der Waals surface area contributed by atoms with Crippen molar-refractivity contribution in [3.05, 3.63) is 53.1 Å². The van der Waals surface area contributed by atoms with E-state index in [0.29, 0.717) is 12.8 Å². The summed E-state index contributed by atoms with van der Waals surface area (Å²) in [6, 6.07) is 9.90. The standard InChI is InChI=1S/C30H39NO5/c1-20-9-12-24-28(20)25(17-23(33)11-10-21-7-5-4-6-8-21)30(22-13-15-31(3)16-14-22)18-26(29(24,2)36-30)35-27(34)19-32/h4-8,10-11,22,24-26,32H,9,12-19H2,1-3H3/b11-10+. The Balaban J connectivity index is 1.52. The lowest BCUT2D eigenvalue weighted by Gasteiger charge is -2.53. The molecule has 1 N–H and O–H groups in total. The summed E-state index contributed by atoms with van der Waals surface area (Å²) < 4.78 is 13.0. The van der Waals surface area contributed by atoms with Crippen molar-refractivity contribution < 1.29 is 24.2 Å². The summed E-state index contributed by atoms with van der Waals surface area (Å²) in [4.78, 5) is 28.0. The summed E-state index contributed by atoms with van der Waals surface area (Å²) in [6.07, 6.45) is 8.07. The highest BCUT2D eigenvalue weighted by molar-refractivity contribution is 5.94. The number of ketones is 1. The van der Waals surface area contributed by atoms with Crippen LogP contribution in [0.5, 0.6) is 0 Å². The molecule has 1 aromatic carbocycles. The van der Waals surface area contributed by atoms with Crippen molar-refractivity contribution >= 4 is 17.8 Å². The number of nitrogens with zero attached hydrogens (tertiary/aromatic N) is 1. The van der Waals surface area contributed by atoms with Crippen LogP contribution in [0.1, 0.15) is 57.9 Å². The molecule has 2 bridgehead atoms. The molecule has 194 valence electrons. The normalized spacial score (nSPS) is 34.8. The van der Waals surface area contributed by atoms with Crippen molar-refractivity contribution in [2.24, 2.45) is 17.8 Å². The van der Waals surface area contributed by atoms with Crippen LogP contribution in [-0.2, 0) is 19.1 Å². The van der Waals surface area contributed by atoms with Crippen molar-refractivity contribution in [2.45, 2.75) is 69.7 Å². The minimum absolute atomic E-state index is 0.0303. The Bertz CT molecular complexity index is 1060. The lowest BCUT2D eigenvalue weighted by Crippen LogP contribution is -2.57. The molecule has 3 fully saturated rings. The number of hydrogen-bond donors (Lipinski definition) is 1. The zero-order valence-electron chi connectivity index (χ0n) is 21.7. The van der Waals surface area contributed by atoms with Crippen molar-refractivity contribution in [2.75, 3.05) is 26.7 Å². The average Bonchev–Trinajstić information content (AvgIpc) is 3.39. The zero-order valence-corrected chi connectivity index (χ0v) is 21.7. The van der Waals surface area contributed by atoms with Crippen molar-refractivity contribution in [1.82, 2.24) is 4.90 Å². The summed E-state index contributed by atoms with van der Waals surface area (Å²) in [5.41, 5.74) is 2.55. The Kier molecular flexibility index (Phi) is 6.96. The maximum Gasteiger partial charge on any atom is 0.332 e. The first-order valence-electron chi connectivity index (χ1n) is 13.4. The van der Waals surface area contributed by atoms with Crippen LogP contribution < -0.4 is 0 Å². The van der Waals surface area contributed by atoms with E-state index in [1.807, 2.05) is 36.4 Å². The Morgan fingerprint density at radius 2 is 1.92 bits per heavy atom. The Hall–Kier alpha value is -2.28. The monoisotopic (exact) mass is 493 g/mol. The summed E-state index contributed by atoms with van der Waals surface area (Å²) in [5, 5.41) is 9.43. The van der Waals surface area contributed by atoms with Gasteiger partial charge in [0.2, 0.25) is 0 Å². The predicted octanol–water partition coefficient (Wildman–Crippen LogP) is 4.18. The minimum Gasteiger partial charge on any atom is -0.457 e. The number of fused-ring (bicyclic) bond motifs is 4. The molecule has 0 radical (unpaired) electrons. The second-order valence-electron chi connectivity index (χ2n) is 11.5. The Labute approximate surface area is 214 Å². The fourth-order valence-corrected chi connectivity index (χ4v) is 7.57. The van der Waals surface area contributed by atoms with Gasteiger partial charge in [-0.05, 0) is 77.2 Å². The highest BCUT2D eigenvalue weighted by atomic mass is 16.6. The topological polar surface area (TPSA) is 76.1 Å². The molecule has 3 heterocycles. The fourth-order valence-electron chi connectivity index (χ4n) is 7.57. The second kappa shape index (κ2) is 9.88. The van der Waals surface area contributed by atoms with E-state index in [4.69, 9.17) is 9.47 Å². The van der Waals surface area contributed by atoms with E-state index in [0.717, 1.165) is 44.3 Å². The molecular weight excluding hydrogens is 454 g/mol. The number of allylic oxidation sites excluding steroid dienone is 2. The summed E-state index contributed by atoms with van der Waals surface area (Å²) in [5.74, 6) is -0.132. The van der Waals surface area contributed by atoms with Gasteiger partial charge < -0.3 is 19.5 Å². The van der Waals surface area contributed by atoms with Gasteiger partial charge >= 0.3 is 5.97 Å². The molecule has 3 aliphatic heterocycles. The minimum atomic E-state index is -0.638. The first-order chi connectivity index (χ1) is 17.3. The van der Waals surface area contributed by atoms with Gasteiger partial charge in [0.05, 0.1) is 5.60 Å². The third kappa shape index (κ3) is 4.37. The number of likely N-dealkylation sites (tertiary alicyclic amines) is 1. The van der Waals surface area contributed by atoms with Crippen LogP contribution in [0, 0.1) is 17.8 Å². The average molecular weight is 494 g/mol. The predicted molar refractivity (Wildman–Crippen MR) is 138 cm³/mol. The molecule has 6 heteroatoms. The van der Waals surface area contributed by atoms with Crippen LogP contribution in [0.25, 0.3) is 6.08 Å². The van der Waals surface area contributed by atoms with E-state index in [9.17, 15) is 14.7 Å². The highest BCUT2D eigenvalue weighted by Gasteiger charge is 2.69. The van der Waals surface area contributed by atoms with E-state index < -0.39 is 29.9 Å². The molecule has 1 aliphatic carbocycles. The maximum atomic E-state index is 13.4. The van der Waals surface area contributed by atoms with Crippen molar-refractivity contribution in [3.63, 3.8) is 0 Å². The molecular formula is C30H39NO5. The smallest absolute Gasteiger partial charge is 0.332 e. The van der Waals surface area contributed by atoms with Crippen LogP contribution >= 0.6 is 0 Å². The molecule has 3 saturated heterocycles. The zero-order chi connectivity index (χ0) is 25.5. The second-order valence-corrected chi connectivity index (χ2v) is 11.5. The van der Waals surface area contributed by atoms with Gasteiger partial charge in [-0.15, -0.1) is 0 Å². The summed E-state index contributed by atoms with van der Waals surface area (Å²) in [6.45, 7) is 5.65. The van der Waals surface area contributed by atoms with Crippen LogP contribution in [0.3, 0.4) is 0 Å². The van der Waals surface area contributed by atoms with Gasteiger partial charge in [0.1, 0.15) is 18.3 Å². The van der Waals surface area contributed by atoms with Crippen LogP contribution in [-0.4, -0.2) is 65.8 Å². The Morgan fingerprint density at radius 3 is 2.61 bits per heavy atom. The number of piperidine rings is 1. The molecule has 5 rings (SSSR count). The molecule has 5 unspecified atom stereocenters. The van der Waals surface area contributed by atoms with Gasteiger partial charge in [-0.2, -0.15) is 0 Å².